The van der Waals surface area contributed by atoms with Crippen LogP contribution in [-0.2, 0) is 10.6 Å². The second-order valence-electron chi connectivity index (χ2n) is 6.52. The van der Waals surface area contributed by atoms with E-state index in [1.54, 1.807) is 0 Å². The fraction of sp³-hybridized carbons (Fsp3) is 0.0833. The number of benzene rings is 4. The van der Waals surface area contributed by atoms with Crippen LogP contribution in [0.4, 0.5) is 0 Å². The third kappa shape index (κ3) is 3.31. The standard InChI is InChI=1S/C22H12N2.C2H6.O3S/c1-2-6-15-12-19-18(11-14(15)5-1)23-21-16-9-3-7-13-8-4-10-17(20(13)16)22(21)24-19;1-2;1-4(2)3/h1-12H;1-2H3;. The second kappa shape index (κ2) is 8.00. The van der Waals surface area contributed by atoms with Gasteiger partial charge in [0.05, 0.1) is 22.4 Å². The zero-order chi connectivity index (χ0) is 21.3. The van der Waals surface area contributed by atoms with Gasteiger partial charge in [-0.2, -0.15) is 0 Å². The minimum absolute atomic E-state index is 0.956. The SMILES string of the molecule is CC.O=S(=O)=O.c1ccc2cc3nc4c(nc3cc2c1)-c1cccc2cccc-4c12. The summed E-state index contributed by atoms with van der Waals surface area (Å²) >= 11 is 0. The van der Waals surface area contributed by atoms with Crippen molar-refractivity contribution in [1.82, 2.24) is 9.97 Å². The smallest absolute Gasteiger partial charge is 0.244 e. The van der Waals surface area contributed by atoms with Crippen LogP contribution in [0.1, 0.15) is 13.8 Å². The predicted octanol–water partition coefficient (Wildman–Crippen LogP) is 5.61. The molecule has 5 aromatic rings. The Balaban J connectivity index is 0.000000329. The summed E-state index contributed by atoms with van der Waals surface area (Å²) in [4.78, 5) is 9.97. The molecule has 1 aromatic heterocycles. The van der Waals surface area contributed by atoms with Gasteiger partial charge in [0.15, 0.2) is 0 Å². The van der Waals surface area contributed by atoms with Crippen molar-refractivity contribution in [2.24, 2.45) is 0 Å². The van der Waals surface area contributed by atoms with Crippen molar-refractivity contribution in [3.8, 4) is 22.5 Å². The molecule has 0 radical (unpaired) electrons. The Bertz CT molecular complexity index is 1420. The van der Waals surface area contributed by atoms with Crippen LogP contribution >= 0.6 is 0 Å². The van der Waals surface area contributed by atoms with Crippen molar-refractivity contribution in [3.05, 3.63) is 72.8 Å². The average Bonchev–Trinajstić information content (AvgIpc) is 3.07. The van der Waals surface area contributed by atoms with Gasteiger partial charge in [-0.25, -0.2) is 9.97 Å². The molecule has 1 heterocycles. The summed E-state index contributed by atoms with van der Waals surface area (Å²) in [5.74, 6) is 0. The molecule has 0 unspecified atom stereocenters. The fourth-order valence-corrected chi connectivity index (χ4v) is 3.85. The molecule has 0 bridgehead atoms. The predicted molar refractivity (Wildman–Crippen MR) is 120 cm³/mol. The van der Waals surface area contributed by atoms with E-state index in [1.807, 2.05) is 13.8 Å². The van der Waals surface area contributed by atoms with Crippen molar-refractivity contribution >= 4 is 43.2 Å². The third-order valence-electron chi connectivity index (χ3n) is 4.95. The van der Waals surface area contributed by atoms with Crippen LogP contribution in [0.2, 0.25) is 0 Å². The maximum atomic E-state index is 8.44. The first kappa shape index (κ1) is 19.7. The van der Waals surface area contributed by atoms with E-state index in [0.717, 1.165) is 22.4 Å². The van der Waals surface area contributed by atoms with E-state index >= 15 is 0 Å². The van der Waals surface area contributed by atoms with Gasteiger partial charge in [-0.05, 0) is 28.3 Å². The van der Waals surface area contributed by atoms with Gasteiger partial charge in [0, 0.05) is 16.5 Å². The number of aromatic nitrogens is 2. The molecule has 1 aliphatic carbocycles. The largest absolute Gasteiger partial charge is 0.425 e. The van der Waals surface area contributed by atoms with Gasteiger partial charge in [0.2, 0.25) is 0 Å². The summed E-state index contributed by atoms with van der Waals surface area (Å²) < 4.78 is 25.3. The lowest BCUT2D eigenvalue weighted by Crippen LogP contribution is -1.90. The first-order valence-electron chi connectivity index (χ1n) is 9.61. The Morgan fingerprint density at radius 3 is 1.43 bits per heavy atom. The Morgan fingerprint density at radius 1 is 0.600 bits per heavy atom. The van der Waals surface area contributed by atoms with Crippen LogP contribution in [0, 0.1) is 0 Å². The minimum Gasteiger partial charge on any atom is -0.244 e. The summed E-state index contributed by atoms with van der Waals surface area (Å²) in [6.45, 7) is 4.00. The number of hydrogen-bond acceptors (Lipinski definition) is 5. The van der Waals surface area contributed by atoms with Crippen LogP contribution in [0.5, 0.6) is 0 Å². The Labute approximate surface area is 175 Å². The molecule has 6 heteroatoms. The molecule has 0 fully saturated rings. The first-order valence-corrected chi connectivity index (χ1v) is 10.6. The zero-order valence-corrected chi connectivity index (χ0v) is 17.3. The lowest BCUT2D eigenvalue weighted by Gasteiger charge is -2.05. The van der Waals surface area contributed by atoms with Crippen molar-refractivity contribution in [3.63, 3.8) is 0 Å². The third-order valence-corrected chi connectivity index (χ3v) is 4.95. The molecule has 0 saturated heterocycles. The number of fused-ring (bicyclic) bond motifs is 5. The molecule has 6 rings (SSSR count). The van der Waals surface area contributed by atoms with Crippen molar-refractivity contribution in [2.45, 2.75) is 13.8 Å². The van der Waals surface area contributed by atoms with Crippen LogP contribution in [0.15, 0.2) is 72.8 Å². The molecule has 30 heavy (non-hydrogen) atoms. The molecule has 4 aromatic carbocycles. The van der Waals surface area contributed by atoms with Crippen molar-refractivity contribution in [1.29, 1.82) is 0 Å². The van der Waals surface area contributed by atoms with Gasteiger partial charge in [0.1, 0.15) is 0 Å². The second-order valence-corrected chi connectivity index (χ2v) is 6.93. The molecule has 0 atom stereocenters. The minimum atomic E-state index is -3.11. The van der Waals surface area contributed by atoms with Crippen LogP contribution in [0.25, 0.3) is 55.1 Å². The Morgan fingerprint density at radius 2 is 1.00 bits per heavy atom. The molecular formula is C24H18N2O3S. The summed E-state index contributed by atoms with van der Waals surface area (Å²) in [6, 6.07) is 25.5. The Kier molecular flexibility index (Phi) is 5.25. The molecule has 148 valence electrons. The number of nitrogens with zero attached hydrogens (tertiary/aromatic N) is 2. The quantitative estimate of drug-likeness (QED) is 0.302. The summed E-state index contributed by atoms with van der Waals surface area (Å²) in [5.41, 5.74) is 6.31. The number of hydrogen-bond donors (Lipinski definition) is 0. The van der Waals surface area contributed by atoms with E-state index in [1.165, 1.54) is 32.7 Å². The highest BCUT2D eigenvalue weighted by atomic mass is 32.2. The van der Waals surface area contributed by atoms with Gasteiger partial charge in [-0.3, -0.25) is 0 Å². The van der Waals surface area contributed by atoms with Crippen molar-refractivity contribution in [2.75, 3.05) is 0 Å². The highest BCUT2D eigenvalue weighted by molar-refractivity contribution is 7.59. The van der Waals surface area contributed by atoms with Crippen LogP contribution in [-0.4, -0.2) is 22.6 Å². The van der Waals surface area contributed by atoms with Gasteiger partial charge < -0.3 is 0 Å². The lowest BCUT2D eigenvalue weighted by atomic mass is 10.0. The summed E-state index contributed by atoms with van der Waals surface area (Å²) in [6.07, 6.45) is 0. The van der Waals surface area contributed by atoms with Gasteiger partial charge in [-0.15, -0.1) is 12.6 Å². The molecule has 0 N–H and O–H groups in total. The van der Waals surface area contributed by atoms with Crippen molar-refractivity contribution < 1.29 is 12.6 Å². The highest BCUT2D eigenvalue weighted by Crippen LogP contribution is 2.45. The molecular weight excluding hydrogens is 396 g/mol. The number of rotatable bonds is 0. The first-order chi connectivity index (χ1) is 14.6. The average molecular weight is 414 g/mol. The monoisotopic (exact) mass is 414 g/mol. The topological polar surface area (TPSA) is 77.0 Å². The molecule has 0 saturated carbocycles. The van der Waals surface area contributed by atoms with E-state index in [-0.39, 0.29) is 0 Å². The molecule has 0 amide bonds. The molecule has 0 spiro atoms. The lowest BCUT2D eigenvalue weighted by molar-refractivity contribution is 0.559. The van der Waals surface area contributed by atoms with E-state index in [4.69, 9.17) is 22.6 Å². The fourth-order valence-electron chi connectivity index (χ4n) is 3.85. The van der Waals surface area contributed by atoms with Gasteiger partial charge in [-0.1, -0.05) is 74.5 Å². The molecule has 1 aliphatic rings. The van der Waals surface area contributed by atoms with Crippen LogP contribution < -0.4 is 0 Å². The maximum absolute atomic E-state index is 8.44. The van der Waals surface area contributed by atoms with Gasteiger partial charge in [0.25, 0.3) is 0 Å². The normalized spacial score (nSPS) is 10.7. The molecule has 0 aliphatic heterocycles. The summed E-state index contributed by atoms with van der Waals surface area (Å²) in [5, 5.41) is 4.93. The van der Waals surface area contributed by atoms with E-state index in [9.17, 15) is 0 Å². The van der Waals surface area contributed by atoms with E-state index < -0.39 is 10.6 Å². The van der Waals surface area contributed by atoms with Crippen LogP contribution in [0.3, 0.4) is 0 Å². The molecule has 5 nitrogen and oxygen atoms in total. The Hall–Kier alpha value is -3.64. The maximum Gasteiger partial charge on any atom is 0.425 e. The zero-order valence-electron chi connectivity index (χ0n) is 16.5. The highest BCUT2D eigenvalue weighted by Gasteiger charge is 2.24. The summed E-state index contributed by atoms with van der Waals surface area (Å²) in [7, 11) is -3.11. The van der Waals surface area contributed by atoms with Gasteiger partial charge >= 0.3 is 10.6 Å². The van der Waals surface area contributed by atoms with E-state index in [0.29, 0.717) is 0 Å². The van der Waals surface area contributed by atoms with E-state index in [2.05, 4.69) is 72.8 Å².